The molecule has 0 saturated carbocycles. The van der Waals surface area contributed by atoms with Gasteiger partial charge in [-0.1, -0.05) is 12.1 Å². The lowest BCUT2D eigenvalue weighted by Gasteiger charge is -2.21. The number of fused-ring (bicyclic) bond motifs is 1. The first-order valence-electron chi connectivity index (χ1n) is 10.5. The number of methoxy groups -OCH3 is 1. The number of hydrogen-bond donors (Lipinski definition) is 1. The highest BCUT2D eigenvalue weighted by atomic mass is 16.5. The molecule has 0 atom stereocenters. The van der Waals surface area contributed by atoms with Crippen molar-refractivity contribution in [2.45, 2.75) is 33.0 Å². The molecule has 3 rings (SSSR count). The van der Waals surface area contributed by atoms with Gasteiger partial charge in [-0.05, 0) is 44.7 Å². The van der Waals surface area contributed by atoms with Crippen molar-refractivity contribution in [1.29, 1.82) is 0 Å². The number of aromatic nitrogens is 1. The first kappa shape index (κ1) is 23.3. The third kappa shape index (κ3) is 5.85. The zero-order valence-electron chi connectivity index (χ0n) is 19.2. The van der Waals surface area contributed by atoms with Crippen molar-refractivity contribution in [1.82, 2.24) is 14.8 Å². The molecule has 8 nitrogen and oxygen atoms in total. The molecule has 0 fully saturated rings. The van der Waals surface area contributed by atoms with Crippen LogP contribution in [0.25, 0.3) is 6.08 Å². The highest BCUT2D eigenvalue weighted by molar-refractivity contribution is 5.93. The van der Waals surface area contributed by atoms with Gasteiger partial charge in [0.2, 0.25) is 11.8 Å². The van der Waals surface area contributed by atoms with Gasteiger partial charge in [-0.15, -0.1) is 0 Å². The van der Waals surface area contributed by atoms with Gasteiger partial charge in [0, 0.05) is 43.5 Å². The van der Waals surface area contributed by atoms with Crippen molar-refractivity contribution in [3.63, 3.8) is 0 Å². The summed E-state index contributed by atoms with van der Waals surface area (Å²) in [5, 5.41) is 2.81. The van der Waals surface area contributed by atoms with Gasteiger partial charge < -0.3 is 19.7 Å². The van der Waals surface area contributed by atoms with Crippen molar-refractivity contribution in [2.24, 2.45) is 0 Å². The number of ether oxygens (including phenoxy) is 2. The van der Waals surface area contributed by atoms with E-state index in [4.69, 9.17) is 9.47 Å². The first-order chi connectivity index (χ1) is 15.3. The van der Waals surface area contributed by atoms with Crippen molar-refractivity contribution in [3.05, 3.63) is 53.2 Å². The van der Waals surface area contributed by atoms with Crippen LogP contribution in [0.1, 0.15) is 30.5 Å². The number of anilines is 1. The summed E-state index contributed by atoms with van der Waals surface area (Å²) in [6.07, 6.45) is 4.88. The number of nitrogens with zero attached hydrogens (tertiary/aromatic N) is 3. The average Bonchev–Trinajstić information content (AvgIpc) is 2.88. The standard InChI is InChI=1S/C24H30N4O4/c1-16(2)32-23-18(7-6-8-20(23)31-5)14-28(4)22(30)10-9-17-11-19-13-27(3)15-21(29)26-24(19)25-12-17/h6-12,16H,13-15H2,1-5H3,(H,25,26,29)/b10-9+. The summed E-state index contributed by atoms with van der Waals surface area (Å²) < 4.78 is 11.4. The molecule has 2 aromatic rings. The average molecular weight is 439 g/mol. The summed E-state index contributed by atoms with van der Waals surface area (Å²) in [5.41, 5.74) is 2.57. The Morgan fingerprint density at radius 1 is 1.34 bits per heavy atom. The summed E-state index contributed by atoms with van der Waals surface area (Å²) in [7, 11) is 5.22. The van der Waals surface area contributed by atoms with E-state index in [2.05, 4.69) is 10.3 Å². The quantitative estimate of drug-likeness (QED) is 0.669. The number of rotatable bonds is 7. The molecule has 8 heteroatoms. The van der Waals surface area contributed by atoms with Crippen LogP contribution in [0.4, 0.5) is 5.82 Å². The van der Waals surface area contributed by atoms with Crippen LogP contribution in [-0.2, 0) is 22.7 Å². The molecule has 0 aliphatic carbocycles. The minimum absolute atomic E-state index is 0.0181. The molecule has 0 saturated heterocycles. The molecule has 0 bridgehead atoms. The van der Waals surface area contributed by atoms with Crippen LogP contribution in [-0.4, -0.2) is 60.5 Å². The highest BCUT2D eigenvalue weighted by Gasteiger charge is 2.18. The van der Waals surface area contributed by atoms with Gasteiger partial charge in [-0.25, -0.2) is 4.98 Å². The topological polar surface area (TPSA) is 84.0 Å². The Labute approximate surface area is 188 Å². The third-order valence-corrected chi connectivity index (χ3v) is 4.94. The lowest BCUT2D eigenvalue weighted by atomic mass is 10.1. The third-order valence-electron chi connectivity index (χ3n) is 4.94. The van der Waals surface area contributed by atoms with Gasteiger partial charge in [0.05, 0.1) is 19.8 Å². The van der Waals surface area contributed by atoms with E-state index in [1.54, 1.807) is 31.3 Å². The first-order valence-corrected chi connectivity index (χ1v) is 10.5. The van der Waals surface area contributed by atoms with E-state index < -0.39 is 0 Å². The molecule has 2 heterocycles. The van der Waals surface area contributed by atoms with Crippen LogP contribution in [0.15, 0.2) is 36.5 Å². The largest absolute Gasteiger partial charge is 0.493 e. The van der Waals surface area contributed by atoms with E-state index in [0.717, 1.165) is 16.7 Å². The predicted molar refractivity (Wildman–Crippen MR) is 123 cm³/mol. The van der Waals surface area contributed by atoms with Gasteiger partial charge in [0.15, 0.2) is 11.5 Å². The van der Waals surface area contributed by atoms with E-state index in [-0.39, 0.29) is 17.9 Å². The number of amides is 2. The van der Waals surface area contributed by atoms with Crippen LogP contribution in [0.2, 0.25) is 0 Å². The number of para-hydroxylation sites is 1. The Balaban J connectivity index is 1.72. The maximum Gasteiger partial charge on any atom is 0.246 e. The molecule has 170 valence electrons. The second-order valence-corrected chi connectivity index (χ2v) is 8.14. The zero-order chi connectivity index (χ0) is 23.3. The number of carbonyl (C=O) groups excluding carboxylic acids is 2. The molecule has 1 aromatic carbocycles. The molecule has 32 heavy (non-hydrogen) atoms. The van der Waals surface area contributed by atoms with Crippen molar-refractivity contribution >= 4 is 23.7 Å². The Morgan fingerprint density at radius 3 is 2.84 bits per heavy atom. The van der Waals surface area contributed by atoms with E-state index in [1.807, 2.05) is 50.1 Å². The Kier molecular flexibility index (Phi) is 7.48. The lowest BCUT2D eigenvalue weighted by molar-refractivity contribution is -0.125. The number of carbonyl (C=O) groups is 2. The fourth-order valence-corrected chi connectivity index (χ4v) is 3.46. The molecule has 0 unspecified atom stereocenters. The fraction of sp³-hybridized carbons (Fsp3) is 0.375. The minimum atomic E-state index is -0.149. The maximum absolute atomic E-state index is 12.7. The molecule has 2 amide bonds. The van der Waals surface area contributed by atoms with E-state index in [1.165, 1.54) is 6.08 Å². The van der Waals surface area contributed by atoms with Crippen LogP contribution in [0.5, 0.6) is 11.5 Å². The van der Waals surface area contributed by atoms with Crippen molar-refractivity contribution in [3.8, 4) is 11.5 Å². The fourth-order valence-electron chi connectivity index (χ4n) is 3.46. The Morgan fingerprint density at radius 2 is 2.12 bits per heavy atom. The lowest BCUT2D eigenvalue weighted by Crippen LogP contribution is -2.26. The van der Waals surface area contributed by atoms with Crippen LogP contribution < -0.4 is 14.8 Å². The Bertz CT molecular complexity index is 1020. The molecule has 1 N–H and O–H groups in total. The Hall–Kier alpha value is -3.39. The van der Waals surface area contributed by atoms with Crippen molar-refractivity contribution in [2.75, 3.05) is 33.1 Å². The zero-order valence-corrected chi connectivity index (χ0v) is 19.2. The summed E-state index contributed by atoms with van der Waals surface area (Å²) in [6.45, 7) is 5.20. The van der Waals surface area contributed by atoms with Crippen LogP contribution >= 0.6 is 0 Å². The summed E-state index contributed by atoms with van der Waals surface area (Å²) in [6, 6.07) is 7.58. The molecular formula is C24H30N4O4. The molecule has 1 aliphatic heterocycles. The summed E-state index contributed by atoms with van der Waals surface area (Å²) in [4.78, 5) is 32.4. The molecule has 0 spiro atoms. The normalized spacial score (nSPS) is 14.1. The minimum Gasteiger partial charge on any atom is -0.493 e. The van der Waals surface area contributed by atoms with Gasteiger partial charge in [-0.2, -0.15) is 0 Å². The molecule has 1 aromatic heterocycles. The van der Waals surface area contributed by atoms with Gasteiger partial charge in [0.1, 0.15) is 5.82 Å². The molecule has 0 radical (unpaired) electrons. The van der Waals surface area contributed by atoms with Gasteiger partial charge >= 0.3 is 0 Å². The number of likely N-dealkylation sites (N-methyl/N-ethyl adjacent to an activating group) is 2. The maximum atomic E-state index is 12.7. The summed E-state index contributed by atoms with van der Waals surface area (Å²) in [5.74, 6) is 1.62. The number of nitrogens with one attached hydrogen (secondary N) is 1. The predicted octanol–water partition coefficient (Wildman–Crippen LogP) is 2.93. The van der Waals surface area contributed by atoms with Crippen molar-refractivity contribution < 1.29 is 19.1 Å². The van der Waals surface area contributed by atoms with Gasteiger partial charge in [-0.3, -0.25) is 14.5 Å². The van der Waals surface area contributed by atoms with Crippen LogP contribution in [0.3, 0.4) is 0 Å². The second-order valence-electron chi connectivity index (χ2n) is 8.14. The highest BCUT2D eigenvalue weighted by Crippen LogP contribution is 2.32. The SMILES string of the molecule is COc1cccc(CN(C)C(=O)/C=C/c2cnc3c(c2)CN(C)CC(=O)N3)c1OC(C)C. The van der Waals surface area contributed by atoms with E-state index in [9.17, 15) is 9.59 Å². The van der Waals surface area contributed by atoms with E-state index in [0.29, 0.717) is 37.0 Å². The monoisotopic (exact) mass is 438 g/mol. The van der Waals surface area contributed by atoms with Crippen LogP contribution in [0, 0.1) is 0 Å². The molecule has 1 aliphatic rings. The second kappa shape index (κ2) is 10.3. The smallest absolute Gasteiger partial charge is 0.246 e. The molecular weight excluding hydrogens is 408 g/mol. The summed E-state index contributed by atoms with van der Waals surface area (Å²) >= 11 is 0. The number of pyridine rings is 1. The van der Waals surface area contributed by atoms with E-state index >= 15 is 0 Å². The van der Waals surface area contributed by atoms with Gasteiger partial charge in [0.25, 0.3) is 0 Å². The number of benzene rings is 1. The number of hydrogen-bond acceptors (Lipinski definition) is 6.